The van der Waals surface area contributed by atoms with Gasteiger partial charge in [0.25, 0.3) is 0 Å². The van der Waals surface area contributed by atoms with Crippen LogP contribution in [-0.4, -0.2) is 19.9 Å². The summed E-state index contributed by atoms with van der Waals surface area (Å²) in [5.74, 6) is 0.0719. The molecule has 2 aromatic rings. The van der Waals surface area contributed by atoms with E-state index < -0.39 is 11.6 Å². The van der Waals surface area contributed by atoms with Gasteiger partial charge >= 0.3 is 0 Å². The molecule has 0 radical (unpaired) electrons. The van der Waals surface area contributed by atoms with E-state index >= 15 is 0 Å². The zero-order valence-corrected chi connectivity index (χ0v) is 20.2. The number of aliphatic imine (C=N–C) groups is 1. The highest BCUT2D eigenvalue weighted by Crippen LogP contribution is 2.28. The van der Waals surface area contributed by atoms with Gasteiger partial charge in [-0.2, -0.15) is 0 Å². The van der Waals surface area contributed by atoms with Crippen LogP contribution in [0.1, 0.15) is 56.7 Å². The van der Waals surface area contributed by atoms with Gasteiger partial charge in [-0.1, -0.05) is 32.9 Å². The molecule has 0 saturated heterocycles. The molecule has 3 rings (SSSR count). The van der Waals surface area contributed by atoms with E-state index in [0.29, 0.717) is 23.9 Å². The van der Waals surface area contributed by atoms with Gasteiger partial charge in [0.1, 0.15) is 17.4 Å². The third-order valence-corrected chi connectivity index (χ3v) is 4.66. The Bertz CT molecular complexity index is 852. The van der Waals surface area contributed by atoms with Crippen LogP contribution in [0.3, 0.4) is 0 Å². The van der Waals surface area contributed by atoms with Crippen molar-refractivity contribution in [1.29, 1.82) is 0 Å². The number of fused-ring (bicyclic) bond motifs is 1. The average molecular weight is 454 g/mol. The van der Waals surface area contributed by atoms with E-state index in [1.807, 2.05) is 0 Å². The highest BCUT2D eigenvalue weighted by molar-refractivity contribution is 5.38. The highest BCUT2D eigenvalue weighted by atomic mass is 19.1. The lowest BCUT2D eigenvalue weighted by atomic mass is 9.87. The monoisotopic (exact) mass is 453 g/mol. The summed E-state index contributed by atoms with van der Waals surface area (Å²) in [5.41, 5.74) is 3.89. The lowest BCUT2D eigenvalue weighted by Gasteiger charge is -2.21. The van der Waals surface area contributed by atoms with Crippen molar-refractivity contribution in [3.8, 4) is 31.4 Å². The standard InChI is InChI=1S/C14H20O.C11H13F2N.2C2H2/c1-14(2,3)10-11-6-7-13-12(9-11)5-4-8-15-13;1-14-5-3-2-4-9-6-10(12)8-11(13)7-9;2*1-2/h6-7,9H,4-5,8,10H2,1-3H3;6-8H,1-5H2;2*1-2H. The van der Waals surface area contributed by atoms with Gasteiger partial charge in [0, 0.05) is 12.6 Å². The molecule has 1 heterocycles. The third kappa shape index (κ3) is 13.1. The number of nitrogens with zero attached hydrogens (tertiary/aromatic N) is 1. The molecule has 0 amide bonds. The van der Waals surface area contributed by atoms with Crippen LogP contribution in [0, 0.1) is 42.7 Å². The fourth-order valence-corrected chi connectivity index (χ4v) is 3.44. The molecule has 33 heavy (non-hydrogen) atoms. The van der Waals surface area contributed by atoms with E-state index in [9.17, 15) is 8.78 Å². The number of benzene rings is 2. The minimum atomic E-state index is -0.512. The molecule has 0 unspecified atom stereocenters. The van der Waals surface area contributed by atoms with Crippen molar-refractivity contribution in [3.05, 3.63) is 64.7 Å². The Kier molecular flexibility index (Phi) is 15.0. The number of hydrogen-bond acceptors (Lipinski definition) is 2. The number of hydrogen-bond donors (Lipinski definition) is 0. The first-order valence-electron chi connectivity index (χ1n) is 11.1. The minimum absolute atomic E-state index is 0.365. The van der Waals surface area contributed by atoms with Crippen LogP contribution in [0.4, 0.5) is 8.78 Å². The van der Waals surface area contributed by atoms with Crippen molar-refractivity contribution in [3.63, 3.8) is 0 Å². The van der Waals surface area contributed by atoms with E-state index in [-0.39, 0.29) is 0 Å². The average Bonchev–Trinajstić information content (AvgIpc) is 2.78. The Labute approximate surface area is 199 Å². The maximum atomic E-state index is 12.7. The molecule has 1 aliphatic rings. The van der Waals surface area contributed by atoms with Crippen LogP contribution in [0.5, 0.6) is 5.75 Å². The molecule has 0 spiro atoms. The summed E-state index contributed by atoms with van der Waals surface area (Å²) in [7, 11) is 0. The Morgan fingerprint density at radius 2 is 1.58 bits per heavy atom. The van der Waals surface area contributed by atoms with Crippen molar-refractivity contribution < 1.29 is 13.5 Å². The summed E-state index contributed by atoms with van der Waals surface area (Å²) in [6, 6.07) is 10.3. The Hall–Kier alpha value is -3.11. The Morgan fingerprint density at radius 1 is 0.939 bits per heavy atom. The van der Waals surface area contributed by atoms with Gasteiger partial charge in [0.15, 0.2) is 0 Å². The lowest BCUT2D eigenvalue weighted by Crippen LogP contribution is -2.12. The lowest BCUT2D eigenvalue weighted by molar-refractivity contribution is 0.288. The molecule has 178 valence electrons. The second kappa shape index (κ2) is 16.5. The molecule has 0 saturated carbocycles. The molecule has 2 nitrogen and oxygen atoms in total. The highest BCUT2D eigenvalue weighted by Gasteiger charge is 2.14. The second-order valence-corrected chi connectivity index (χ2v) is 8.81. The summed E-state index contributed by atoms with van der Waals surface area (Å²) in [6.45, 7) is 11.8. The number of terminal acetylenes is 2. The summed E-state index contributed by atoms with van der Waals surface area (Å²) in [4.78, 5) is 3.70. The summed E-state index contributed by atoms with van der Waals surface area (Å²) < 4.78 is 31.1. The van der Waals surface area contributed by atoms with Crippen molar-refractivity contribution in [2.75, 3.05) is 13.2 Å². The van der Waals surface area contributed by atoms with Crippen LogP contribution in [0.25, 0.3) is 0 Å². The minimum Gasteiger partial charge on any atom is -0.493 e. The van der Waals surface area contributed by atoms with E-state index in [2.05, 4.69) is 76.4 Å². The molecule has 0 N–H and O–H groups in total. The summed E-state index contributed by atoms with van der Waals surface area (Å²) in [5, 5.41) is 0. The fourth-order valence-electron chi connectivity index (χ4n) is 3.44. The van der Waals surface area contributed by atoms with Crippen LogP contribution in [0.15, 0.2) is 41.4 Å². The largest absolute Gasteiger partial charge is 0.493 e. The fraction of sp³-hybridized carbons (Fsp3) is 0.414. The molecule has 0 bridgehead atoms. The zero-order chi connectivity index (χ0) is 25.3. The second-order valence-electron chi connectivity index (χ2n) is 8.81. The predicted molar refractivity (Wildman–Crippen MR) is 137 cm³/mol. The van der Waals surface area contributed by atoms with Crippen LogP contribution in [0.2, 0.25) is 0 Å². The number of aryl methyl sites for hydroxylation is 2. The third-order valence-electron chi connectivity index (χ3n) is 4.66. The summed E-state index contributed by atoms with van der Waals surface area (Å²) >= 11 is 0. The first kappa shape index (κ1) is 29.9. The maximum absolute atomic E-state index is 12.7. The van der Waals surface area contributed by atoms with Crippen molar-refractivity contribution in [2.24, 2.45) is 10.4 Å². The molecule has 1 aliphatic heterocycles. The normalized spacial score (nSPS) is 11.5. The van der Waals surface area contributed by atoms with Gasteiger partial charge in [-0.05, 0) is 85.5 Å². The van der Waals surface area contributed by atoms with E-state index in [1.54, 1.807) is 0 Å². The molecular weight excluding hydrogens is 416 g/mol. The van der Waals surface area contributed by atoms with Gasteiger partial charge in [-0.3, -0.25) is 0 Å². The quantitative estimate of drug-likeness (QED) is 0.260. The molecule has 0 fully saturated rings. The van der Waals surface area contributed by atoms with E-state index in [1.165, 1.54) is 29.7 Å². The SMILES string of the molecule is C#C.C#C.C=NCCCCc1cc(F)cc(F)c1.CC(C)(C)Cc1ccc2c(c1)CCCO2. The summed E-state index contributed by atoms with van der Waals surface area (Å²) in [6.07, 6.45) is 21.9. The van der Waals surface area contributed by atoms with Crippen LogP contribution < -0.4 is 4.74 Å². The maximum Gasteiger partial charge on any atom is 0.126 e. The van der Waals surface area contributed by atoms with Crippen molar-refractivity contribution in [2.45, 2.75) is 59.3 Å². The molecular formula is C29H37F2NO. The van der Waals surface area contributed by atoms with Gasteiger partial charge in [0.2, 0.25) is 0 Å². The number of ether oxygens (including phenoxy) is 1. The molecule has 0 aromatic heterocycles. The number of rotatable bonds is 6. The van der Waals surface area contributed by atoms with Crippen molar-refractivity contribution in [1.82, 2.24) is 0 Å². The van der Waals surface area contributed by atoms with E-state index in [4.69, 9.17) is 4.74 Å². The molecule has 0 atom stereocenters. The van der Waals surface area contributed by atoms with Crippen molar-refractivity contribution >= 4 is 6.72 Å². The zero-order valence-electron chi connectivity index (χ0n) is 20.2. The predicted octanol–water partition coefficient (Wildman–Crippen LogP) is 7.09. The van der Waals surface area contributed by atoms with E-state index in [0.717, 1.165) is 44.1 Å². The topological polar surface area (TPSA) is 21.6 Å². The van der Waals surface area contributed by atoms with Gasteiger partial charge in [0.05, 0.1) is 6.61 Å². The molecule has 2 aromatic carbocycles. The Morgan fingerprint density at radius 3 is 2.15 bits per heavy atom. The van der Waals surface area contributed by atoms with Gasteiger partial charge in [-0.25, -0.2) is 8.78 Å². The van der Waals surface area contributed by atoms with Crippen LogP contribution in [-0.2, 0) is 19.3 Å². The number of unbranched alkanes of at least 4 members (excludes halogenated alkanes) is 1. The van der Waals surface area contributed by atoms with Crippen LogP contribution >= 0.6 is 0 Å². The smallest absolute Gasteiger partial charge is 0.126 e. The Balaban J connectivity index is 0.000000541. The first-order valence-corrected chi connectivity index (χ1v) is 11.1. The molecule has 4 heteroatoms. The van der Waals surface area contributed by atoms with Gasteiger partial charge in [-0.15, -0.1) is 25.7 Å². The van der Waals surface area contributed by atoms with Gasteiger partial charge < -0.3 is 9.73 Å². The first-order chi connectivity index (χ1) is 15.8. The molecule has 0 aliphatic carbocycles. The number of halogens is 2.